The molecule has 112 valence electrons. The predicted molar refractivity (Wildman–Crippen MR) is 72.1 cm³/mol. The summed E-state index contributed by atoms with van der Waals surface area (Å²) < 4.78 is 38.5. The van der Waals surface area contributed by atoms with Gasteiger partial charge in [0.2, 0.25) is 0 Å². The zero-order valence-electron chi connectivity index (χ0n) is 11.5. The van der Waals surface area contributed by atoms with E-state index in [0.29, 0.717) is 5.69 Å². The lowest BCUT2D eigenvalue weighted by Crippen LogP contribution is -2.32. The summed E-state index contributed by atoms with van der Waals surface area (Å²) in [5.74, 6) is -0.732. The molecule has 0 aliphatic heterocycles. The van der Waals surface area contributed by atoms with Crippen LogP contribution in [-0.4, -0.2) is 22.6 Å². The zero-order chi connectivity index (χ0) is 15.6. The van der Waals surface area contributed by atoms with E-state index in [1.165, 1.54) is 4.90 Å². The van der Waals surface area contributed by atoms with Gasteiger partial charge in [0, 0.05) is 12.2 Å². The molecule has 0 spiro atoms. The number of H-pyrrole nitrogens is 1. The molecule has 0 saturated heterocycles. The highest BCUT2D eigenvalue weighted by Gasteiger charge is 2.38. The number of aryl methyl sites for hydroxylation is 1. The second-order valence-corrected chi connectivity index (χ2v) is 4.54. The molecular formula is C14H14F3N3O. The number of carbonyl (C=O) groups is 1. The van der Waals surface area contributed by atoms with Crippen LogP contribution in [-0.2, 0) is 6.18 Å². The Morgan fingerprint density at radius 1 is 1.38 bits per heavy atom. The van der Waals surface area contributed by atoms with Gasteiger partial charge in [-0.3, -0.25) is 9.89 Å². The molecule has 0 radical (unpaired) electrons. The Morgan fingerprint density at radius 3 is 2.67 bits per heavy atom. The van der Waals surface area contributed by atoms with E-state index in [0.717, 1.165) is 11.8 Å². The van der Waals surface area contributed by atoms with Crippen molar-refractivity contribution in [2.75, 3.05) is 11.4 Å². The van der Waals surface area contributed by atoms with Gasteiger partial charge in [-0.25, -0.2) is 0 Å². The van der Waals surface area contributed by atoms with Crippen LogP contribution in [0.1, 0.15) is 28.5 Å². The van der Waals surface area contributed by atoms with Gasteiger partial charge in [-0.05, 0) is 31.5 Å². The second-order valence-electron chi connectivity index (χ2n) is 4.54. The first-order valence-corrected chi connectivity index (χ1v) is 6.33. The first-order valence-electron chi connectivity index (χ1n) is 6.33. The van der Waals surface area contributed by atoms with Crippen molar-refractivity contribution >= 4 is 11.6 Å². The minimum absolute atomic E-state index is 0.255. The molecular weight excluding hydrogens is 283 g/mol. The lowest BCUT2D eigenvalue weighted by molar-refractivity contribution is -0.141. The topological polar surface area (TPSA) is 49.0 Å². The zero-order valence-corrected chi connectivity index (χ0v) is 11.5. The van der Waals surface area contributed by atoms with Crippen molar-refractivity contribution in [3.8, 4) is 0 Å². The van der Waals surface area contributed by atoms with E-state index in [2.05, 4.69) is 5.10 Å². The van der Waals surface area contributed by atoms with E-state index in [1.807, 2.05) is 18.1 Å². The Kier molecular flexibility index (Phi) is 4.02. The van der Waals surface area contributed by atoms with Crippen LogP contribution in [0.5, 0.6) is 0 Å². The van der Waals surface area contributed by atoms with Crippen LogP contribution in [0.2, 0.25) is 0 Å². The molecule has 0 bridgehead atoms. The molecule has 0 atom stereocenters. The van der Waals surface area contributed by atoms with Gasteiger partial charge < -0.3 is 4.90 Å². The van der Waals surface area contributed by atoms with Crippen molar-refractivity contribution in [3.63, 3.8) is 0 Å². The third-order valence-electron chi connectivity index (χ3n) is 3.03. The maximum absolute atomic E-state index is 12.8. The summed E-state index contributed by atoms with van der Waals surface area (Å²) in [5.41, 5.74) is -0.136. The van der Waals surface area contributed by atoms with E-state index in [1.54, 1.807) is 25.1 Å². The average molecular weight is 297 g/mol. The van der Waals surface area contributed by atoms with E-state index < -0.39 is 23.3 Å². The lowest BCUT2D eigenvalue weighted by Gasteiger charge is -2.21. The molecule has 1 aromatic heterocycles. The minimum Gasteiger partial charge on any atom is -0.309 e. The van der Waals surface area contributed by atoms with Crippen molar-refractivity contribution in [2.24, 2.45) is 0 Å². The van der Waals surface area contributed by atoms with Gasteiger partial charge in [-0.15, -0.1) is 0 Å². The summed E-state index contributed by atoms with van der Waals surface area (Å²) in [7, 11) is 0. The van der Waals surface area contributed by atoms with Crippen LogP contribution in [0, 0.1) is 6.92 Å². The number of nitrogens with zero attached hydrogens (tertiary/aromatic N) is 2. The normalized spacial score (nSPS) is 11.5. The Morgan fingerprint density at radius 2 is 2.10 bits per heavy atom. The van der Waals surface area contributed by atoms with Crippen molar-refractivity contribution in [2.45, 2.75) is 20.0 Å². The van der Waals surface area contributed by atoms with E-state index in [9.17, 15) is 18.0 Å². The van der Waals surface area contributed by atoms with Crippen LogP contribution in [0.4, 0.5) is 18.9 Å². The molecule has 2 aromatic rings. The van der Waals surface area contributed by atoms with Gasteiger partial charge >= 0.3 is 6.18 Å². The molecule has 21 heavy (non-hydrogen) atoms. The molecule has 1 N–H and O–H groups in total. The van der Waals surface area contributed by atoms with Gasteiger partial charge in [-0.1, -0.05) is 12.1 Å². The Labute approximate surface area is 119 Å². The molecule has 1 heterocycles. The molecule has 1 aromatic carbocycles. The number of hydrogen-bond acceptors (Lipinski definition) is 2. The maximum Gasteiger partial charge on any atom is 0.433 e. The molecule has 0 unspecified atom stereocenters. The van der Waals surface area contributed by atoms with Gasteiger partial charge in [-0.2, -0.15) is 18.3 Å². The molecule has 0 fully saturated rings. The summed E-state index contributed by atoms with van der Waals surface area (Å²) in [6.45, 7) is 3.80. The van der Waals surface area contributed by atoms with Crippen molar-refractivity contribution in [1.29, 1.82) is 0 Å². The number of rotatable bonds is 3. The van der Waals surface area contributed by atoms with Gasteiger partial charge in [0.15, 0.2) is 5.69 Å². The smallest absolute Gasteiger partial charge is 0.309 e. The highest BCUT2D eigenvalue weighted by Crippen LogP contribution is 2.31. The molecule has 0 saturated carbocycles. The highest BCUT2D eigenvalue weighted by atomic mass is 19.4. The first-order chi connectivity index (χ1) is 9.84. The lowest BCUT2D eigenvalue weighted by atomic mass is 10.1. The van der Waals surface area contributed by atoms with Crippen LogP contribution in [0.3, 0.4) is 0 Å². The predicted octanol–water partition coefficient (Wildman–Crippen LogP) is 3.40. The maximum atomic E-state index is 12.8. The largest absolute Gasteiger partial charge is 0.433 e. The van der Waals surface area contributed by atoms with Gasteiger partial charge in [0.05, 0.1) is 11.8 Å². The number of hydrogen-bond donors (Lipinski definition) is 1. The second kappa shape index (κ2) is 5.59. The van der Waals surface area contributed by atoms with Crippen LogP contribution in [0.15, 0.2) is 30.5 Å². The van der Waals surface area contributed by atoms with Crippen molar-refractivity contribution in [3.05, 3.63) is 47.3 Å². The fourth-order valence-electron chi connectivity index (χ4n) is 2.05. The van der Waals surface area contributed by atoms with E-state index in [4.69, 9.17) is 0 Å². The summed E-state index contributed by atoms with van der Waals surface area (Å²) in [5, 5.41) is 5.19. The number of alkyl halides is 3. The summed E-state index contributed by atoms with van der Waals surface area (Å²) >= 11 is 0. The van der Waals surface area contributed by atoms with E-state index >= 15 is 0 Å². The number of aromatic nitrogens is 2. The third-order valence-corrected chi connectivity index (χ3v) is 3.03. The van der Waals surface area contributed by atoms with Crippen LogP contribution in [0.25, 0.3) is 0 Å². The van der Waals surface area contributed by atoms with Crippen molar-refractivity contribution < 1.29 is 18.0 Å². The highest BCUT2D eigenvalue weighted by molar-refractivity contribution is 6.06. The first kappa shape index (κ1) is 15.1. The van der Waals surface area contributed by atoms with Gasteiger partial charge in [0.1, 0.15) is 0 Å². The quantitative estimate of drug-likeness (QED) is 0.944. The molecule has 1 amide bonds. The number of aromatic amines is 1. The van der Waals surface area contributed by atoms with Gasteiger partial charge in [0.25, 0.3) is 5.91 Å². The molecule has 0 aliphatic rings. The minimum atomic E-state index is -4.65. The van der Waals surface area contributed by atoms with E-state index in [-0.39, 0.29) is 6.54 Å². The SMILES string of the molecule is CCN(C(=O)c1cn[nH]c1C(F)(F)F)c1cccc(C)c1. The number of carbonyl (C=O) groups excluding carboxylic acids is 1. The number of amides is 1. The standard InChI is InChI=1S/C14H14F3N3O/c1-3-20(10-6-4-5-9(2)7-10)13(21)11-8-18-19-12(11)14(15,16)17/h4-8H,3H2,1-2H3,(H,18,19). The van der Waals surface area contributed by atoms with Crippen LogP contribution >= 0.6 is 0 Å². The summed E-state index contributed by atoms with van der Waals surface area (Å²) in [6, 6.07) is 7.03. The van der Waals surface area contributed by atoms with Crippen molar-refractivity contribution in [1.82, 2.24) is 10.2 Å². The summed E-state index contributed by atoms with van der Waals surface area (Å²) in [6.07, 6.45) is -3.74. The molecule has 2 rings (SSSR count). The number of anilines is 1. The fraction of sp³-hybridized carbons (Fsp3) is 0.286. The Hall–Kier alpha value is -2.31. The molecule has 4 nitrogen and oxygen atoms in total. The third kappa shape index (κ3) is 3.07. The Balaban J connectivity index is 2.40. The number of benzene rings is 1. The number of halogens is 3. The number of nitrogens with one attached hydrogen (secondary N) is 1. The Bertz CT molecular complexity index is 649. The monoisotopic (exact) mass is 297 g/mol. The van der Waals surface area contributed by atoms with Crippen LogP contribution < -0.4 is 4.90 Å². The summed E-state index contributed by atoms with van der Waals surface area (Å²) in [4.78, 5) is 13.7. The average Bonchev–Trinajstić information content (AvgIpc) is 2.88. The molecule has 7 heteroatoms. The fourth-order valence-corrected chi connectivity index (χ4v) is 2.05. The molecule has 0 aliphatic carbocycles.